The van der Waals surface area contributed by atoms with Crippen LogP contribution < -0.4 is 0 Å². The fourth-order valence-electron chi connectivity index (χ4n) is 2.00. The fraction of sp³-hybridized carbons (Fsp3) is 0.909. The molecule has 0 saturated heterocycles. The van der Waals surface area contributed by atoms with E-state index in [0.29, 0.717) is 5.41 Å². The molecular formula is C11H21. The van der Waals surface area contributed by atoms with E-state index in [1.165, 1.54) is 44.9 Å². The lowest BCUT2D eigenvalue weighted by molar-refractivity contribution is 0.284. The monoisotopic (exact) mass is 153 g/mol. The molecule has 1 saturated carbocycles. The van der Waals surface area contributed by atoms with E-state index in [2.05, 4.69) is 20.3 Å². The Bertz CT molecular complexity index is 96.6. The van der Waals surface area contributed by atoms with E-state index >= 15 is 0 Å². The molecule has 0 aromatic carbocycles. The van der Waals surface area contributed by atoms with Crippen molar-refractivity contribution in [2.45, 2.75) is 58.8 Å². The van der Waals surface area contributed by atoms with Crippen molar-refractivity contribution < 1.29 is 0 Å². The fourth-order valence-corrected chi connectivity index (χ4v) is 2.00. The first-order valence-corrected chi connectivity index (χ1v) is 5.07. The standard InChI is InChI=1S/C11H21/c1-3-11(2)9-7-5-4-6-8-10-11/h3H,4-10H2,1-2H3. The molecule has 0 spiro atoms. The largest absolute Gasteiger partial charge is 0.0617 e. The average molecular weight is 153 g/mol. The normalized spacial score (nSPS) is 25.6. The maximum atomic E-state index is 2.42. The van der Waals surface area contributed by atoms with Gasteiger partial charge in [0.25, 0.3) is 0 Å². The first-order chi connectivity index (χ1) is 5.27. The quantitative estimate of drug-likeness (QED) is 0.535. The lowest BCUT2D eigenvalue weighted by atomic mass is 9.76. The Hall–Kier alpha value is 0. The molecule has 0 aromatic heterocycles. The second kappa shape index (κ2) is 4.13. The Balaban J connectivity index is 2.37. The summed E-state index contributed by atoms with van der Waals surface area (Å²) in [6.07, 6.45) is 12.5. The topological polar surface area (TPSA) is 0 Å². The molecule has 0 aromatic rings. The molecule has 0 N–H and O–H groups in total. The van der Waals surface area contributed by atoms with E-state index in [1.807, 2.05) is 0 Å². The van der Waals surface area contributed by atoms with Gasteiger partial charge in [-0.05, 0) is 24.7 Å². The lowest BCUT2D eigenvalue weighted by Crippen LogP contribution is -2.16. The molecule has 0 nitrogen and oxygen atoms in total. The van der Waals surface area contributed by atoms with Gasteiger partial charge < -0.3 is 0 Å². The molecule has 1 aliphatic rings. The molecule has 0 bridgehead atoms. The van der Waals surface area contributed by atoms with Gasteiger partial charge in [-0.15, -0.1) is 0 Å². The second-order valence-electron chi connectivity index (χ2n) is 4.21. The molecule has 1 aliphatic carbocycles. The maximum Gasteiger partial charge on any atom is -0.0297 e. The highest BCUT2D eigenvalue weighted by Gasteiger charge is 2.22. The molecule has 0 heteroatoms. The van der Waals surface area contributed by atoms with E-state index in [0.717, 1.165) is 0 Å². The molecule has 11 heavy (non-hydrogen) atoms. The van der Waals surface area contributed by atoms with Gasteiger partial charge in [-0.2, -0.15) is 0 Å². The minimum Gasteiger partial charge on any atom is -0.0617 e. The highest BCUT2D eigenvalue weighted by atomic mass is 14.3. The summed E-state index contributed by atoms with van der Waals surface area (Å²) >= 11 is 0. The molecule has 1 fully saturated rings. The summed E-state index contributed by atoms with van der Waals surface area (Å²) in [6, 6.07) is 0. The van der Waals surface area contributed by atoms with Crippen LogP contribution in [0.1, 0.15) is 58.8 Å². The number of hydrogen-bond donors (Lipinski definition) is 0. The molecule has 1 radical (unpaired) electrons. The van der Waals surface area contributed by atoms with Gasteiger partial charge in [-0.25, -0.2) is 0 Å². The zero-order valence-corrected chi connectivity index (χ0v) is 8.03. The van der Waals surface area contributed by atoms with Crippen LogP contribution in [0.25, 0.3) is 0 Å². The van der Waals surface area contributed by atoms with Gasteiger partial charge in [0.05, 0.1) is 0 Å². The zero-order chi connectivity index (χ0) is 8.16. The van der Waals surface area contributed by atoms with Crippen molar-refractivity contribution in [3.05, 3.63) is 6.42 Å². The van der Waals surface area contributed by atoms with Crippen molar-refractivity contribution in [1.29, 1.82) is 0 Å². The van der Waals surface area contributed by atoms with E-state index in [9.17, 15) is 0 Å². The van der Waals surface area contributed by atoms with Crippen LogP contribution in [-0.2, 0) is 0 Å². The van der Waals surface area contributed by atoms with Crippen molar-refractivity contribution in [2.75, 3.05) is 0 Å². The summed E-state index contributed by atoms with van der Waals surface area (Å²) < 4.78 is 0. The Morgan fingerprint density at radius 2 is 1.36 bits per heavy atom. The first-order valence-electron chi connectivity index (χ1n) is 5.07. The van der Waals surface area contributed by atoms with E-state index in [1.54, 1.807) is 0 Å². The van der Waals surface area contributed by atoms with Crippen LogP contribution in [0.3, 0.4) is 0 Å². The van der Waals surface area contributed by atoms with Gasteiger partial charge in [-0.1, -0.05) is 46.0 Å². The van der Waals surface area contributed by atoms with Gasteiger partial charge in [0, 0.05) is 0 Å². The van der Waals surface area contributed by atoms with Crippen molar-refractivity contribution in [3.8, 4) is 0 Å². The molecule has 0 heterocycles. The van der Waals surface area contributed by atoms with Crippen LogP contribution in [0.5, 0.6) is 0 Å². The summed E-state index contributed by atoms with van der Waals surface area (Å²) in [7, 11) is 0. The molecule has 0 unspecified atom stereocenters. The van der Waals surface area contributed by atoms with Crippen LogP contribution in [0.4, 0.5) is 0 Å². The van der Waals surface area contributed by atoms with Gasteiger partial charge in [0.1, 0.15) is 0 Å². The van der Waals surface area contributed by atoms with E-state index < -0.39 is 0 Å². The van der Waals surface area contributed by atoms with Crippen molar-refractivity contribution in [2.24, 2.45) is 5.41 Å². The third kappa shape index (κ3) is 2.84. The summed E-state index contributed by atoms with van der Waals surface area (Å²) in [5, 5.41) is 0. The molecule has 0 amide bonds. The number of rotatable bonds is 1. The van der Waals surface area contributed by atoms with Gasteiger partial charge >= 0.3 is 0 Å². The van der Waals surface area contributed by atoms with Crippen LogP contribution in [0, 0.1) is 11.8 Å². The Kier molecular flexibility index (Phi) is 3.42. The zero-order valence-electron chi connectivity index (χ0n) is 8.03. The molecular weight excluding hydrogens is 132 g/mol. The van der Waals surface area contributed by atoms with Gasteiger partial charge in [-0.3, -0.25) is 0 Å². The molecule has 1 rings (SSSR count). The van der Waals surface area contributed by atoms with Crippen molar-refractivity contribution >= 4 is 0 Å². The molecule has 0 atom stereocenters. The Morgan fingerprint density at radius 1 is 0.909 bits per heavy atom. The lowest BCUT2D eigenvalue weighted by Gasteiger charge is -2.29. The smallest absolute Gasteiger partial charge is 0.0297 e. The van der Waals surface area contributed by atoms with Crippen LogP contribution in [-0.4, -0.2) is 0 Å². The van der Waals surface area contributed by atoms with Crippen LogP contribution >= 0.6 is 0 Å². The van der Waals surface area contributed by atoms with Gasteiger partial charge in [0.15, 0.2) is 0 Å². The summed E-state index contributed by atoms with van der Waals surface area (Å²) in [5.41, 5.74) is 0.570. The van der Waals surface area contributed by atoms with Gasteiger partial charge in [0.2, 0.25) is 0 Å². The third-order valence-corrected chi connectivity index (χ3v) is 3.19. The highest BCUT2D eigenvalue weighted by molar-refractivity contribution is 4.85. The second-order valence-corrected chi connectivity index (χ2v) is 4.21. The summed E-state index contributed by atoms with van der Waals surface area (Å²) in [4.78, 5) is 0. The van der Waals surface area contributed by atoms with Crippen LogP contribution in [0.15, 0.2) is 0 Å². The first kappa shape index (κ1) is 9.09. The molecule has 65 valence electrons. The number of hydrogen-bond acceptors (Lipinski definition) is 0. The minimum absolute atomic E-state index is 0.570. The summed E-state index contributed by atoms with van der Waals surface area (Å²) in [6.45, 7) is 4.64. The molecule has 0 aliphatic heterocycles. The summed E-state index contributed by atoms with van der Waals surface area (Å²) in [5.74, 6) is 0. The minimum atomic E-state index is 0.570. The predicted molar refractivity (Wildman–Crippen MR) is 50.4 cm³/mol. The SMILES string of the molecule is C[CH]C1(C)CCCCCCC1. The maximum absolute atomic E-state index is 2.42. The van der Waals surface area contributed by atoms with E-state index in [-0.39, 0.29) is 0 Å². The van der Waals surface area contributed by atoms with Crippen LogP contribution in [0.2, 0.25) is 0 Å². The average Bonchev–Trinajstić information content (AvgIpc) is 1.98. The Morgan fingerprint density at radius 3 is 1.82 bits per heavy atom. The Labute approximate surface area is 71.4 Å². The highest BCUT2D eigenvalue weighted by Crippen LogP contribution is 2.35. The van der Waals surface area contributed by atoms with Crippen molar-refractivity contribution in [3.63, 3.8) is 0 Å². The third-order valence-electron chi connectivity index (χ3n) is 3.19. The van der Waals surface area contributed by atoms with Crippen molar-refractivity contribution in [1.82, 2.24) is 0 Å². The van der Waals surface area contributed by atoms with E-state index in [4.69, 9.17) is 0 Å². The predicted octanol–water partition coefficient (Wildman–Crippen LogP) is 3.96.